The van der Waals surface area contributed by atoms with Crippen molar-refractivity contribution in [2.75, 3.05) is 7.05 Å². The zero-order valence-electron chi connectivity index (χ0n) is 12.5. The molecule has 3 N–H and O–H groups in total. The molecule has 0 aromatic rings. The lowest BCUT2D eigenvalue weighted by Crippen LogP contribution is -2.37. The van der Waals surface area contributed by atoms with Gasteiger partial charge in [0.1, 0.15) is 0 Å². The predicted molar refractivity (Wildman–Crippen MR) is 80.2 cm³/mol. The third-order valence-electron chi connectivity index (χ3n) is 3.94. The highest BCUT2D eigenvalue weighted by Gasteiger charge is 2.30. The van der Waals surface area contributed by atoms with E-state index in [9.17, 15) is 0 Å². The summed E-state index contributed by atoms with van der Waals surface area (Å²) in [6, 6.07) is 0. The minimum Gasteiger partial charge on any atom is -0.312 e. The lowest BCUT2D eigenvalue weighted by molar-refractivity contribution is 0.462. The molecule has 0 unspecified atom stereocenters. The Labute approximate surface area is 112 Å². The summed E-state index contributed by atoms with van der Waals surface area (Å²) in [6.45, 7) is 13.1. The summed E-state index contributed by atoms with van der Waals surface area (Å²) in [4.78, 5) is 0. The maximum absolute atomic E-state index is 6.07. The van der Waals surface area contributed by atoms with Crippen molar-refractivity contribution in [3.05, 3.63) is 35.5 Å². The normalized spacial score (nSPS) is 24.1. The van der Waals surface area contributed by atoms with E-state index in [-0.39, 0.29) is 11.6 Å². The molecule has 0 amide bonds. The van der Waals surface area contributed by atoms with Crippen LogP contribution in [0.25, 0.3) is 0 Å². The molecule has 18 heavy (non-hydrogen) atoms. The van der Waals surface area contributed by atoms with Gasteiger partial charge in [-0.15, -0.1) is 0 Å². The Morgan fingerprint density at radius 1 is 1.44 bits per heavy atom. The molecule has 0 bridgehead atoms. The van der Waals surface area contributed by atoms with Crippen molar-refractivity contribution in [3.63, 3.8) is 0 Å². The highest BCUT2D eigenvalue weighted by Crippen LogP contribution is 2.44. The van der Waals surface area contributed by atoms with E-state index in [1.54, 1.807) is 0 Å². The van der Waals surface area contributed by atoms with E-state index < -0.39 is 0 Å². The van der Waals surface area contributed by atoms with Crippen molar-refractivity contribution < 1.29 is 0 Å². The second-order valence-corrected chi connectivity index (χ2v) is 6.16. The van der Waals surface area contributed by atoms with Crippen LogP contribution in [0.1, 0.15) is 40.5 Å². The van der Waals surface area contributed by atoms with Crippen molar-refractivity contribution in [1.82, 2.24) is 5.32 Å². The van der Waals surface area contributed by atoms with Crippen molar-refractivity contribution in [2.24, 2.45) is 17.1 Å². The van der Waals surface area contributed by atoms with Gasteiger partial charge in [-0.2, -0.15) is 0 Å². The molecule has 0 aromatic carbocycles. The quantitative estimate of drug-likeness (QED) is 0.749. The standard InChI is InChI=1S/C16H28N2/c1-11(2)13(15(17)18-6)7-8-14-12(3)9-10-16(14,4)5/h7-8,11,15,18H,3,9-10,17H2,1-2,4-6H3/b13-7+,14-8-/t15-/m1/s1. The van der Waals surface area contributed by atoms with E-state index in [1.807, 2.05) is 7.05 Å². The fourth-order valence-corrected chi connectivity index (χ4v) is 2.56. The first-order valence-corrected chi connectivity index (χ1v) is 6.83. The fraction of sp³-hybridized carbons (Fsp3) is 0.625. The summed E-state index contributed by atoms with van der Waals surface area (Å²) in [5.41, 5.74) is 10.2. The minimum atomic E-state index is -0.0698. The van der Waals surface area contributed by atoms with Crippen LogP contribution in [0.4, 0.5) is 0 Å². The smallest absolute Gasteiger partial charge is 0.0772 e. The topological polar surface area (TPSA) is 38.0 Å². The number of nitrogens with two attached hydrogens (primary N) is 1. The Bertz CT molecular complexity index is 373. The molecule has 0 aliphatic heterocycles. The lowest BCUT2D eigenvalue weighted by atomic mass is 9.85. The number of allylic oxidation sites excluding steroid dienone is 4. The summed E-state index contributed by atoms with van der Waals surface area (Å²) in [5, 5.41) is 3.11. The summed E-state index contributed by atoms with van der Waals surface area (Å²) in [6.07, 6.45) is 6.64. The van der Waals surface area contributed by atoms with Crippen LogP contribution in [0, 0.1) is 11.3 Å². The maximum atomic E-state index is 6.07. The average Bonchev–Trinajstić information content (AvgIpc) is 2.54. The van der Waals surface area contributed by atoms with Gasteiger partial charge in [0.2, 0.25) is 0 Å². The molecule has 1 aliphatic carbocycles. The van der Waals surface area contributed by atoms with E-state index in [0.29, 0.717) is 5.92 Å². The molecule has 0 aromatic heterocycles. The van der Waals surface area contributed by atoms with Crippen LogP contribution in [-0.4, -0.2) is 13.2 Å². The molecule has 1 atom stereocenters. The van der Waals surface area contributed by atoms with Gasteiger partial charge >= 0.3 is 0 Å². The van der Waals surface area contributed by atoms with Gasteiger partial charge in [0, 0.05) is 0 Å². The number of nitrogens with one attached hydrogen (secondary N) is 1. The van der Waals surface area contributed by atoms with E-state index in [4.69, 9.17) is 5.73 Å². The summed E-state index contributed by atoms with van der Waals surface area (Å²) < 4.78 is 0. The maximum Gasteiger partial charge on any atom is 0.0772 e. The molecule has 0 radical (unpaired) electrons. The molecular formula is C16H28N2. The van der Waals surface area contributed by atoms with Gasteiger partial charge in [0.05, 0.1) is 6.17 Å². The first-order valence-electron chi connectivity index (χ1n) is 6.83. The third-order valence-corrected chi connectivity index (χ3v) is 3.94. The van der Waals surface area contributed by atoms with Gasteiger partial charge in [-0.25, -0.2) is 0 Å². The molecule has 2 nitrogen and oxygen atoms in total. The van der Waals surface area contributed by atoms with Crippen LogP contribution in [0.15, 0.2) is 35.5 Å². The number of hydrogen-bond donors (Lipinski definition) is 2. The molecule has 1 fully saturated rings. The molecule has 0 saturated heterocycles. The van der Waals surface area contributed by atoms with Crippen LogP contribution >= 0.6 is 0 Å². The summed E-state index contributed by atoms with van der Waals surface area (Å²) in [5.74, 6) is 0.446. The zero-order valence-corrected chi connectivity index (χ0v) is 12.5. The van der Waals surface area contributed by atoms with Crippen molar-refractivity contribution in [1.29, 1.82) is 0 Å². The largest absolute Gasteiger partial charge is 0.312 e. The fourth-order valence-electron chi connectivity index (χ4n) is 2.56. The van der Waals surface area contributed by atoms with Gasteiger partial charge in [-0.1, -0.05) is 52.0 Å². The average molecular weight is 248 g/mol. The van der Waals surface area contributed by atoms with Crippen molar-refractivity contribution >= 4 is 0 Å². The van der Waals surface area contributed by atoms with Gasteiger partial charge in [0.15, 0.2) is 0 Å². The van der Waals surface area contributed by atoms with Crippen molar-refractivity contribution in [3.8, 4) is 0 Å². The number of hydrogen-bond acceptors (Lipinski definition) is 2. The van der Waals surface area contributed by atoms with E-state index in [0.717, 1.165) is 6.42 Å². The lowest BCUT2D eigenvalue weighted by Gasteiger charge is -2.21. The first-order chi connectivity index (χ1) is 8.29. The van der Waals surface area contributed by atoms with Gasteiger partial charge in [-0.3, -0.25) is 0 Å². The minimum absolute atomic E-state index is 0.0698. The Morgan fingerprint density at radius 2 is 2.06 bits per heavy atom. The molecule has 0 spiro atoms. The Kier molecular flexibility index (Phi) is 4.94. The van der Waals surface area contributed by atoms with E-state index >= 15 is 0 Å². The highest BCUT2D eigenvalue weighted by molar-refractivity contribution is 5.41. The Morgan fingerprint density at radius 3 is 2.44 bits per heavy atom. The Balaban J connectivity index is 3.03. The number of likely N-dealkylation sites (N-methyl/N-ethyl adjacent to an activating group) is 1. The summed E-state index contributed by atoms with van der Waals surface area (Å²) >= 11 is 0. The second kappa shape index (κ2) is 5.85. The second-order valence-electron chi connectivity index (χ2n) is 6.16. The van der Waals surface area contributed by atoms with Crippen LogP contribution in [0.5, 0.6) is 0 Å². The third kappa shape index (κ3) is 3.33. The molecule has 2 heteroatoms. The summed E-state index contributed by atoms with van der Waals surface area (Å²) in [7, 11) is 1.90. The number of rotatable bonds is 4. The van der Waals surface area contributed by atoms with Gasteiger partial charge in [0.25, 0.3) is 0 Å². The molecule has 102 valence electrons. The van der Waals surface area contributed by atoms with Crippen LogP contribution < -0.4 is 11.1 Å². The van der Waals surface area contributed by atoms with E-state index in [2.05, 4.69) is 51.7 Å². The first kappa shape index (κ1) is 15.2. The highest BCUT2D eigenvalue weighted by atomic mass is 15.0. The van der Waals surface area contributed by atoms with Gasteiger partial charge in [-0.05, 0) is 42.4 Å². The van der Waals surface area contributed by atoms with Crippen LogP contribution in [0.2, 0.25) is 0 Å². The zero-order chi connectivity index (χ0) is 13.9. The van der Waals surface area contributed by atoms with E-state index in [1.165, 1.54) is 23.1 Å². The predicted octanol–water partition coefficient (Wildman–Crippen LogP) is 3.38. The monoisotopic (exact) mass is 248 g/mol. The van der Waals surface area contributed by atoms with Gasteiger partial charge < -0.3 is 11.1 Å². The Hall–Kier alpha value is -0.860. The van der Waals surface area contributed by atoms with Crippen LogP contribution in [0.3, 0.4) is 0 Å². The molecule has 1 rings (SSSR count). The van der Waals surface area contributed by atoms with Crippen molar-refractivity contribution in [2.45, 2.75) is 46.7 Å². The molecule has 0 heterocycles. The molecule has 1 saturated carbocycles. The molecule has 1 aliphatic rings. The molecular weight excluding hydrogens is 220 g/mol. The van der Waals surface area contributed by atoms with Crippen LogP contribution in [-0.2, 0) is 0 Å². The SMILES string of the molecule is C=C1CCC(C)(C)/C1=C\C=C(/C(C)C)[C@H](N)NC.